The molecule has 222 valence electrons. The van der Waals surface area contributed by atoms with Crippen molar-refractivity contribution in [3.05, 3.63) is 23.5 Å². The van der Waals surface area contributed by atoms with Crippen molar-refractivity contribution in [2.75, 3.05) is 19.8 Å². The molecule has 1 amide bonds. The van der Waals surface area contributed by atoms with Crippen LogP contribution in [0.2, 0.25) is 0 Å². The molecule has 1 unspecified atom stereocenters. The third kappa shape index (κ3) is 12.2. The summed E-state index contributed by atoms with van der Waals surface area (Å²) in [7, 11) is 0. The van der Waals surface area contributed by atoms with Gasteiger partial charge in [-0.3, -0.25) is 14.4 Å². The Morgan fingerprint density at radius 3 is 2.33 bits per heavy atom. The first-order valence-corrected chi connectivity index (χ1v) is 15.0. The number of aromatic amines is 1. The molecule has 8 heteroatoms. The number of aryl methyl sites for hydroxylation is 1. The van der Waals surface area contributed by atoms with E-state index in [1.165, 1.54) is 44.9 Å². The molecule has 1 aromatic rings. The monoisotopic (exact) mass is 548 g/mol. The number of nitrogens with one attached hydrogen (secondary N) is 2. The van der Waals surface area contributed by atoms with E-state index in [-0.39, 0.29) is 30.7 Å². The number of aromatic nitrogens is 1. The highest BCUT2D eigenvalue weighted by Crippen LogP contribution is 2.37. The third-order valence-electron chi connectivity index (χ3n) is 7.23. The fraction of sp³-hybridized carbons (Fsp3) is 0.774. The van der Waals surface area contributed by atoms with Crippen molar-refractivity contribution >= 4 is 17.7 Å². The Hall–Kier alpha value is -2.19. The van der Waals surface area contributed by atoms with Gasteiger partial charge in [0.05, 0.1) is 19.6 Å². The number of ketones is 1. The van der Waals surface area contributed by atoms with Gasteiger partial charge in [0.2, 0.25) is 5.91 Å². The first-order valence-electron chi connectivity index (χ1n) is 15.0. The summed E-state index contributed by atoms with van der Waals surface area (Å²) >= 11 is 0. The number of hydrogen-bond donors (Lipinski definition) is 2. The summed E-state index contributed by atoms with van der Waals surface area (Å²) in [6.07, 6.45) is 13.8. The average Bonchev–Trinajstić information content (AvgIpc) is 3.36. The van der Waals surface area contributed by atoms with Crippen LogP contribution in [-0.2, 0) is 30.2 Å². The molecule has 1 aliphatic rings. The molecule has 0 saturated carbocycles. The van der Waals surface area contributed by atoms with Crippen LogP contribution in [0.3, 0.4) is 0 Å². The number of amides is 1. The molecule has 1 fully saturated rings. The number of hydrogen-bond acceptors (Lipinski definition) is 6. The van der Waals surface area contributed by atoms with Crippen molar-refractivity contribution in [2.24, 2.45) is 5.41 Å². The number of ether oxygens (including phenoxy) is 3. The number of unbranched alkanes of at least 4 members (excludes halogenated alkanes) is 8. The zero-order valence-electron chi connectivity index (χ0n) is 25.0. The van der Waals surface area contributed by atoms with Crippen molar-refractivity contribution in [1.82, 2.24) is 10.3 Å². The van der Waals surface area contributed by atoms with E-state index >= 15 is 0 Å². The summed E-state index contributed by atoms with van der Waals surface area (Å²) in [4.78, 5) is 40.7. The van der Waals surface area contributed by atoms with E-state index in [0.717, 1.165) is 12.8 Å². The highest BCUT2D eigenvalue weighted by Gasteiger charge is 2.46. The highest BCUT2D eigenvalue weighted by molar-refractivity contribution is 6.01. The number of H-pyrrole nitrogens is 1. The number of carbonyl (C=O) groups excluding carboxylic acids is 3. The Kier molecular flexibility index (Phi) is 14.2. The Bertz CT molecular complexity index is 891. The lowest BCUT2D eigenvalue weighted by atomic mass is 9.81. The maximum Gasteiger partial charge on any atom is 0.306 e. The van der Waals surface area contributed by atoms with Crippen molar-refractivity contribution < 1.29 is 28.6 Å². The van der Waals surface area contributed by atoms with Crippen molar-refractivity contribution in [3.63, 3.8) is 0 Å². The van der Waals surface area contributed by atoms with Crippen LogP contribution in [-0.4, -0.2) is 54.3 Å². The summed E-state index contributed by atoms with van der Waals surface area (Å²) < 4.78 is 17.1. The van der Waals surface area contributed by atoms with E-state index in [0.29, 0.717) is 43.7 Å². The maximum absolute atomic E-state index is 13.3. The Morgan fingerprint density at radius 2 is 1.64 bits per heavy atom. The van der Waals surface area contributed by atoms with E-state index < -0.39 is 17.3 Å². The van der Waals surface area contributed by atoms with E-state index in [1.54, 1.807) is 26.1 Å². The van der Waals surface area contributed by atoms with Gasteiger partial charge in [0.15, 0.2) is 11.6 Å². The number of Topliss-reactive ketones (excluding diaryl/α,β-unsaturated/α-hetero) is 1. The minimum atomic E-state index is -0.831. The second-order valence-electron chi connectivity index (χ2n) is 11.9. The molecule has 2 N–H and O–H groups in total. The van der Waals surface area contributed by atoms with Crippen molar-refractivity contribution in [2.45, 2.75) is 130 Å². The first kappa shape index (κ1) is 33.0. The second kappa shape index (κ2) is 16.8. The molecule has 0 bridgehead atoms. The molecule has 0 radical (unpaired) electrons. The first-order chi connectivity index (χ1) is 18.6. The van der Waals surface area contributed by atoms with Gasteiger partial charge in [0.25, 0.3) is 0 Å². The summed E-state index contributed by atoms with van der Waals surface area (Å²) in [5.74, 6) is -1.21. The second-order valence-corrected chi connectivity index (χ2v) is 11.9. The number of rotatable bonds is 19. The Balaban J connectivity index is 1.58. The quantitative estimate of drug-likeness (QED) is 0.120. The summed E-state index contributed by atoms with van der Waals surface area (Å²) in [6, 6.07) is 1.74. The van der Waals surface area contributed by atoms with E-state index in [1.807, 2.05) is 13.8 Å². The normalized spacial score (nSPS) is 18.0. The Morgan fingerprint density at radius 1 is 0.974 bits per heavy atom. The lowest BCUT2D eigenvalue weighted by Crippen LogP contribution is -2.53. The fourth-order valence-corrected chi connectivity index (χ4v) is 4.77. The SMILES string of the molecule is CCCCCCCCCCCC(=O)NCCCOC(=O)CCc1[nH]ccc1C(=O)C1OC(C)(C)OCC1(C)C. The summed E-state index contributed by atoms with van der Waals surface area (Å²) in [5, 5.41) is 2.91. The average molecular weight is 549 g/mol. The molecule has 8 nitrogen and oxygen atoms in total. The zero-order chi connectivity index (χ0) is 28.7. The topological polar surface area (TPSA) is 107 Å². The molecule has 1 atom stereocenters. The molecule has 1 aliphatic heterocycles. The van der Waals surface area contributed by atoms with Crippen LogP contribution in [0.25, 0.3) is 0 Å². The van der Waals surface area contributed by atoms with Crippen LogP contribution in [0.1, 0.15) is 128 Å². The molecular weight excluding hydrogens is 496 g/mol. The molecule has 0 aromatic carbocycles. The standard InChI is InChI=1S/C31H52N2O6/c1-6-7-8-9-10-11-12-13-14-16-26(34)33-20-15-22-37-27(35)18-17-25-24(19-21-32-25)28(36)29-30(2,3)23-38-31(4,5)39-29/h19,21,29,32H,6-18,20,22-23H2,1-5H3,(H,33,34). The predicted octanol–water partition coefficient (Wildman–Crippen LogP) is 6.28. The number of carbonyl (C=O) groups is 3. The lowest BCUT2D eigenvalue weighted by molar-refractivity contribution is -0.298. The van der Waals surface area contributed by atoms with Gasteiger partial charge in [-0.2, -0.15) is 0 Å². The van der Waals surface area contributed by atoms with Crippen LogP contribution in [0.5, 0.6) is 0 Å². The maximum atomic E-state index is 13.3. The molecule has 2 rings (SSSR count). The van der Waals surface area contributed by atoms with Crippen LogP contribution in [0.15, 0.2) is 12.3 Å². The minimum absolute atomic E-state index is 0.0632. The third-order valence-corrected chi connectivity index (χ3v) is 7.23. The van der Waals surface area contributed by atoms with Crippen molar-refractivity contribution in [1.29, 1.82) is 0 Å². The summed E-state index contributed by atoms with van der Waals surface area (Å²) in [5.41, 5.74) is 0.765. The van der Waals surface area contributed by atoms with Crippen LogP contribution in [0, 0.1) is 5.41 Å². The highest BCUT2D eigenvalue weighted by atomic mass is 16.7. The molecule has 2 heterocycles. The Labute approximate surface area is 235 Å². The molecule has 0 aliphatic carbocycles. The van der Waals surface area contributed by atoms with E-state index in [9.17, 15) is 14.4 Å². The van der Waals surface area contributed by atoms with Gasteiger partial charge in [-0.15, -0.1) is 0 Å². The molecule has 39 heavy (non-hydrogen) atoms. The van der Waals surface area contributed by atoms with Gasteiger partial charge >= 0.3 is 5.97 Å². The fourth-order valence-electron chi connectivity index (χ4n) is 4.77. The predicted molar refractivity (Wildman–Crippen MR) is 153 cm³/mol. The van der Waals surface area contributed by atoms with Gasteiger partial charge in [0.1, 0.15) is 6.10 Å². The van der Waals surface area contributed by atoms with Gasteiger partial charge in [-0.25, -0.2) is 0 Å². The lowest BCUT2D eigenvalue weighted by Gasteiger charge is -2.45. The minimum Gasteiger partial charge on any atom is -0.466 e. The van der Waals surface area contributed by atoms with E-state index in [2.05, 4.69) is 17.2 Å². The largest absolute Gasteiger partial charge is 0.466 e. The van der Waals surface area contributed by atoms with Crippen LogP contribution < -0.4 is 5.32 Å². The molecule has 1 saturated heterocycles. The van der Waals surface area contributed by atoms with Gasteiger partial charge in [-0.05, 0) is 39.2 Å². The van der Waals surface area contributed by atoms with Gasteiger partial charge < -0.3 is 24.5 Å². The molecular formula is C31H52N2O6. The van der Waals surface area contributed by atoms with Gasteiger partial charge in [0, 0.05) is 35.8 Å². The van der Waals surface area contributed by atoms with Crippen molar-refractivity contribution in [3.8, 4) is 0 Å². The van der Waals surface area contributed by atoms with Crippen LogP contribution >= 0.6 is 0 Å². The van der Waals surface area contributed by atoms with Crippen LogP contribution in [0.4, 0.5) is 0 Å². The van der Waals surface area contributed by atoms with E-state index in [4.69, 9.17) is 14.2 Å². The summed E-state index contributed by atoms with van der Waals surface area (Å²) in [6.45, 7) is 10.9. The van der Waals surface area contributed by atoms with Gasteiger partial charge in [-0.1, -0.05) is 72.1 Å². The number of esters is 1. The molecule has 1 aromatic heterocycles. The molecule has 0 spiro atoms. The smallest absolute Gasteiger partial charge is 0.306 e. The zero-order valence-corrected chi connectivity index (χ0v) is 25.0.